The Labute approximate surface area is 138 Å². The molecule has 0 unspecified atom stereocenters. The Morgan fingerprint density at radius 1 is 1.17 bits per heavy atom. The zero-order valence-electron chi connectivity index (χ0n) is 13.0. The summed E-state index contributed by atoms with van der Waals surface area (Å²) < 4.78 is 38.1. The minimum atomic E-state index is -4.35. The van der Waals surface area contributed by atoms with Gasteiger partial charge in [-0.05, 0) is 40.5 Å². The highest BCUT2D eigenvalue weighted by molar-refractivity contribution is 7.99. The number of thioether (sulfide) groups is 1. The second-order valence-corrected chi connectivity index (χ2v) is 6.36. The van der Waals surface area contributed by atoms with Crippen LogP contribution in [0.4, 0.5) is 18.9 Å². The summed E-state index contributed by atoms with van der Waals surface area (Å²) in [5, 5.41) is 1.02. The molecule has 0 aliphatic rings. The molecule has 0 fully saturated rings. The van der Waals surface area contributed by atoms with E-state index in [9.17, 15) is 13.2 Å². The van der Waals surface area contributed by atoms with Gasteiger partial charge in [-0.2, -0.15) is 13.2 Å². The quantitative estimate of drug-likeness (QED) is 0.773. The number of halogens is 3. The first-order valence-corrected chi connectivity index (χ1v) is 8.14. The maximum atomic E-state index is 12.7. The summed E-state index contributed by atoms with van der Waals surface area (Å²) in [5.41, 5.74) is 0.336. The van der Waals surface area contributed by atoms with E-state index in [1.54, 1.807) is 18.0 Å². The molecular formula is C18H18F3NS. The van der Waals surface area contributed by atoms with Gasteiger partial charge in [-0.1, -0.05) is 31.7 Å². The Morgan fingerprint density at radius 2 is 1.87 bits per heavy atom. The molecule has 2 aromatic rings. The number of alkyl halides is 3. The molecule has 5 heteroatoms. The van der Waals surface area contributed by atoms with E-state index in [4.69, 9.17) is 0 Å². The minimum Gasteiger partial charge on any atom is -0.350 e. The molecule has 0 N–H and O–H groups in total. The predicted molar refractivity (Wildman–Crippen MR) is 91.9 cm³/mol. The van der Waals surface area contributed by atoms with Crippen molar-refractivity contribution in [1.82, 2.24) is 0 Å². The number of hydrogen-bond acceptors (Lipinski definition) is 2. The Balaban J connectivity index is 2.41. The van der Waals surface area contributed by atoms with Gasteiger partial charge in [-0.25, -0.2) is 0 Å². The maximum absolute atomic E-state index is 12.7. The highest BCUT2D eigenvalue weighted by Gasteiger charge is 2.29. The van der Waals surface area contributed by atoms with Crippen LogP contribution in [0.5, 0.6) is 0 Å². The molecule has 0 aliphatic heterocycles. The number of anilines is 1. The number of para-hydroxylation sites is 1. The lowest BCUT2D eigenvalue weighted by Crippen LogP contribution is -2.28. The first kappa shape index (κ1) is 17.5. The van der Waals surface area contributed by atoms with Crippen LogP contribution in [0.15, 0.2) is 47.4 Å². The van der Waals surface area contributed by atoms with Crippen molar-refractivity contribution in [3.8, 4) is 0 Å². The molecule has 23 heavy (non-hydrogen) atoms. The van der Waals surface area contributed by atoms with E-state index in [0.29, 0.717) is 10.4 Å². The van der Waals surface area contributed by atoms with Crippen molar-refractivity contribution in [3.63, 3.8) is 0 Å². The van der Waals surface area contributed by atoms with Gasteiger partial charge in [0.2, 0.25) is 0 Å². The predicted octanol–water partition coefficient (Wildman–Crippen LogP) is 4.10. The first-order valence-electron chi connectivity index (χ1n) is 7.15. The van der Waals surface area contributed by atoms with Gasteiger partial charge < -0.3 is 4.90 Å². The normalized spacial score (nSPS) is 12.5. The van der Waals surface area contributed by atoms with Gasteiger partial charge in [0.25, 0.3) is 0 Å². The van der Waals surface area contributed by atoms with Crippen molar-refractivity contribution < 1.29 is 13.2 Å². The van der Waals surface area contributed by atoms with Crippen LogP contribution in [-0.2, 0) is 6.18 Å². The zero-order chi connectivity index (χ0) is 17.0. The van der Waals surface area contributed by atoms with Crippen LogP contribution in [0.25, 0.3) is 12.8 Å². The van der Waals surface area contributed by atoms with Crippen LogP contribution in [-0.4, -0.2) is 12.8 Å². The van der Waals surface area contributed by atoms with E-state index in [-0.39, 0.29) is 0 Å². The third kappa shape index (κ3) is 4.32. The van der Waals surface area contributed by atoms with Crippen molar-refractivity contribution in [2.24, 2.45) is 0 Å². The Morgan fingerprint density at radius 3 is 2.48 bits per heavy atom. The van der Waals surface area contributed by atoms with Crippen molar-refractivity contribution in [3.05, 3.63) is 58.5 Å². The fourth-order valence-corrected chi connectivity index (χ4v) is 3.06. The molecule has 0 saturated heterocycles. The summed E-state index contributed by atoms with van der Waals surface area (Å²) in [4.78, 5) is 3.04. The largest absolute Gasteiger partial charge is 0.416 e. The van der Waals surface area contributed by atoms with Gasteiger partial charge >= 0.3 is 6.18 Å². The summed E-state index contributed by atoms with van der Waals surface area (Å²) in [6, 6.07) is 11.6. The molecular weight excluding hydrogens is 319 g/mol. The van der Waals surface area contributed by atoms with Crippen LogP contribution in [0.1, 0.15) is 12.5 Å². The van der Waals surface area contributed by atoms with Gasteiger partial charge in [0.05, 0.1) is 11.3 Å². The fraction of sp³-hybridized carbons (Fsp3) is 0.222. The van der Waals surface area contributed by atoms with Gasteiger partial charge in [0, 0.05) is 18.1 Å². The van der Waals surface area contributed by atoms with Gasteiger partial charge in [-0.3, -0.25) is 0 Å². The molecule has 0 bridgehead atoms. The standard InChI is InChI=1S/C18H18F3NS/c1-4-23-17-8-6-5-7-16(17)22(3)12-14-9-10-15(11-13(14)2)18(19,20)21/h5-12H,2,4H2,1,3H3/b14-12-. The molecule has 2 aromatic carbocycles. The Kier molecular flexibility index (Phi) is 5.42. The highest BCUT2D eigenvalue weighted by Crippen LogP contribution is 2.29. The summed E-state index contributed by atoms with van der Waals surface area (Å²) in [5.74, 6) is 0.950. The molecule has 0 radical (unpaired) electrons. The Bertz CT molecular complexity index is 784. The third-order valence-electron chi connectivity index (χ3n) is 3.35. The van der Waals surface area contributed by atoms with Gasteiger partial charge in [0.1, 0.15) is 0 Å². The molecule has 0 amide bonds. The van der Waals surface area contributed by atoms with Crippen LogP contribution >= 0.6 is 11.8 Å². The molecule has 0 heterocycles. The van der Waals surface area contributed by atoms with E-state index in [1.807, 2.05) is 36.2 Å². The monoisotopic (exact) mass is 337 g/mol. The van der Waals surface area contributed by atoms with E-state index < -0.39 is 11.7 Å². The SMILES string of the molecule is C=c1cc(C(F)(F)F)cc/c1=C/N(C)c1ccccc1SCC. The van der Waals surface area contributed by atoms with Crippen LogP contribution < -0.4 is 15.3 Å². The van der Waals surface area contributed by atoms with Crippen molar-refractivity contribution in [2.45, 2.75) is 18.0 Å². The summed E-state index contributed by atoms with van der Waals surface area (Å²) in [6.45, 7) is 5.82. The van der Waals surface area contributed by atoms with Crippen LogP contribution in [0.3, 0.4) is 0 Å². The summed E-state index contributed by atoms with van der Waals surface area (Å²) >= 11 is 1.72. The lowest BCUT2D eigenvalue weighted by molar-refractivity contribution is -0.137. The molecule has 0 aromatic heterocycles. The smallest absolute Gasteiger partial charge is 0.350 e. The lowest BCUT2D eigenvalue weighted by atomic mass is 10.1. The molecule has 1 nitrogen and oxygen atoms in total. The van der Waals surface area contributed by atoms with Crippen molar-refractivity contribution >= 4 is 30.2 Å². The number of rotatable bonds is 4. The minimum absolute atomic E-state index is 0.354. The molecule has 122 valence electrons. The average Bonchev–Trinajstić information content (AvgIpc) is 2.49. The molecule has 2 rings (SSSR count). The number of hydrogen-bond donors (Lipinski definition) is 0. The van der Waals surface area contributed by atoms with Crippen LogP contribution in [0.2, 0.25) is 0 Å². The Hall–Kier alpha value is -1.88. The molecule has 0 saturated carbocycles. The van der Waals surface area contributed by atoms with E-state index in [2.05, 4.69) is 13.5 Å². The highest BCUT2D eigenvalue weighted by atomic mass is 32.2. The zero-order valence-corrected chi connectivity index (χ0v) is 13.8. The third-order valence-corrected chi connectivity index (χ3v) is 4.29. The molecule has 0 atom stereocenters. The molecule has 0 aliphatic carbocycles. The first-order chi connectivity index (χ1) is 10.8. The average molecular weight is 337 g/mol. The maximum Gasteiger partial charge on any atom is 0.416 e. The second-order valence-electron chi connectivity index (χ2n) is 5.05. The number of benzene rings is 2. The van der Waals surface area contributed by atoms with Gasteiger partial charge in [0.15, 0.2) is 0 Å². The van der Waals surface area contributed by atoms with Gasteiger partial charge in [-0.15, -0.1) is 11.8 Å². The number of nitrogens with zero attached hydrogens (tertiary/aromatic N) is 1. The van der Waals surface area contributed by atoms with Crippen molar-refractivity contribution in [1.29, 1.82) is 0 Å². The molecule has 0 spiro atoms. The topological polar surface area (TPSA) is 3.24 Å². The second kappa shape index (κ2) is 7.13. The van der Waals surface area contributed by atoms with E-state index in [1.165, 1.54) is 6.07 Å². The van der Waals surface area contributed by atoms with Crippen LogP contribution in [0, 0.1) is 0 Å². The summed E-state index contributed by atoms with van der Waals surface area (Å²) in [6.07, 6.45) is -2.54. The van der Waals surface area contributed by atoms with E-state index >= 15 is 0 Å². The van der Waals surface area contributed by atoms with Crippen molar-refractivity contribution in [2.75, 3.05) is 17.7 Å². The summed E-state index contributed by atoms with van der Waals surface area (Å²) in [7, 11) is 1.88. The fourth-order valence-electron chi connectivity index (χ4n) is 2.21. The van der Waals surface area contributed by atoms with E-state index in [0.717, 1.165) is 28.5 Å². The lowest BCUT2D eigenvalue weighted by Gasteiger charge is -2.18.